The van der Waals surface area contributed by atoms with Crippen LogP contribution in [-0.2, 0) is 23.8 Å². The smallest absolute Gasteiger partial charge is 0.339 e. The lowest BCUT2D eigenvalue weighted by atomic mass is 9.63. The number of methoxy groups -OCH3 is 1. The van der Waals surface area contributed by atoms with Crippen molar-refractivity contribution in [3.63, 3.8) is 0 Å². The van der Waals surface area contributed by atoms with Crippen LogP contribution in [-0.4, -0.2) is 30.8 Å². The largest absolute Gasteiger partial charge is 0.465 e. The molecule has 0 amide bonds. The van der Waals surface area contributed by atoms with Gasteiger partial charge in [-0.1, -0.05) is 20.8 Å². The number of rotatable bonds is 2. The van der Waals surface area contributed by atoms with Gasteiger partial charge in [-0.3, -0.25) is 4.79 Å². The molecule has 1 saturated heterocycles. The third-order valence-corrected chi connectivity index (χ3v) is 5.89. The molecular formula is C18H26O5. The minimum Gasteiger partial charge on any atom is -0.465 e. The maximum absolute atomic E-state index is 12.3. The van der Waals surface area contributed by atoms with Gasteiger partial charge in [0, 0.05) is 13.3 Å². The van der Waals surface area contributed by atoms with E-state index in [0.717, 1.165) is 19.3 Å². The molecule has 0 aromatic carbocycles. The highest BCUT2D eigenvalue weighted by molar-refractivity contribution is 5.91. The molecule has 3 aliphatic rings. The van der Waals surface area contributed by atoms with Gasteiger partial charge in [0.2, 0.25) is 0 Å². The maximum atomic E-state index is 12.3. The van der Waals surface area contributed by atoms with Crippen LogP contribution >= 0.6 is 0 Å². The van der Waals surface area contributed by atoms with E-state index in [-0.39, 0.29) is 17.1 Å². The Morgan fingerprint density at radius 3 is 2.61 bits per heavy atom. The molecule has 4 atom stereocenters. The fraction of sp³-hybridized carbons (Fsp3) is 0.778. The minimum atomic E-state index is -0.460. The Morgan fingerprint density at radius 1 is 1.30 bits per heavy atom. The summed E-state index contributed by atoms with van der Waals surface area (Å²) in [7, 11) is 1.35. The summed E-state index contributed by atoms with van der Waals surface area (Å²) in [6.07, 6.45) is 3.16. The molecule has 1 saturated carbocycles. The van der Waals surface area contributed by atoms with Gasteiger partial charge in [0.15, 0.2) is 0 Å². The van der Waals surface area contributed by atoms with Gasteiger partial charge in [-0.2, -0.15) is 0 Å². The van der Waals surface area contributed by atoms with Crippen molar-refractivity contribution in [2.45, 2.75) is 65.1 Å². The second kappa shape index (κ2) is 5.33. The van der Waals surface area contributed by atoms with Crippen molar-refractivity contribution in [2.75, 3.05) is 7.11 Å². The van der Waals surface area contributed by atoms with E-state index >= 15 is 0 Å². The van der Waals surface area contributed by atoms with Crippen LogP contribution < -0.4 is 0 Å². The predicted octanol–water partition coefficient (Wildman–Crippen LogP) is 2.98. The van der Waals surface area contributed by atoms with Gasteiger partial charge in [-0.15, -0.1) is 0 Å². The molecule has 5 heteroatoms. The first-order chi connectivity index (χ1) is 10.7. The summed E-state index contributed by atoms with van der Waals surface area (Å²) in [5.41, 5.74) is -0.124. The van der Waals surface area contributed by atoms with Gasteiger partial charge >= 0.3 is 11.9 Å². The van der Waals surface area contributed by atoms with E-state index in [9.17, 15) is 9.59 Å². The number of esters is 2. The molecule has 1 spiro atoms. The molecular weight excluding hydrogens is 296 g/mol. The number of carbonyl (C=O) groups excluding carboxylic acids is 2. The molecule has 1 aliphatic carbocycles. The fourth-order valence-electron chi connectivity index (χ4n) is 4.80. The summed E-state index contributed by atoms with van der Waals surface area (Å²) in [6.45, 7) is 7.87. The van der Waals surface area contributed by atoms with Gasteiger partial charge in [0.05, 0.1) is 18.8 Å². The van der Waals surface area contributed by atoms with Crippen molar-refractivity contribution in [3.05, 3.63) is 11.3 Å². The molecule has 0 unspecified atom stereocenters. The Balaban J connectivity index is 2.11. The Bertz CT molecular complexity index is 576. The fourth-order valence-corrected chi connectivity index (χ4v) is 4.80. The molecule has 0 N–H and O–H groups in total. The van der Waals surface area contributed by atoms with Crippen LogP contribution in [0, 0.1) is 17.3 Å². The molecule has 0 aromatic heterocycles. The molecule has 2 heterocycles. The van der Waals surface area contributed by atoms with Crippen molar-refractivity contribution in [2.24, 2.45) is 17.3 Å². The summed E-state index contributed by atoms with van der Waals surface area (Å²) in [6, 6.07) is 0. The molecule has 3 rings (SSSR count). The van der Waals surface area contributed by atoms with Gasteiger partial charge in [-0.05, 0) is 36.5 Å². The van der Waals surface area contributed by atoms with Crippen LogP contribution in [0.4, 0.5) is 0 Å². The van der Waals surface area contributed by atoms with Crippen LogP contribution in [0.1, 0.15) is 53.4 Å². The lowest BCUT2D eigenvalue weighted by molar-refractivity contribution is -0.208. The number of carbonyl (C=O) groups is 2. The van der Waals surface area contributed by atoms with E-state index in [1.807, 2.05) is 0 Å². The van der Waals surface area contributed by atoms with Crippen molar-refractivity contribution < 1.29 is 23.8 Å². The molecule has 2 aliphatic heterocycles. The minimum absolute atomic E-state index is 0.206. The first-order valence-corrected chi connectivity index (χ1v) is 8.38. The van der Waals surface area contributed by atoms with Crippen LogP contribution in [0.25, 0.3) is 0 Å². The predicted molar refractivity (Wildman–Crippen MR) is 83.3 cm³/mol. The van der Waals surface area contributed by atoms with E-state index in [0.29, 0.717) is 29.6 Å². The Hall–Kier alpha value is -1.36. The van der Waals surface area contributed by atoms with Crippen LogP contribution in [0.5, 0.6) is 0 Å². The molecule has 2 fully saturated rings. The summed E-state index contributed by atoms with van der Waals surface area (Å²) >= 11 is 0. The summed E-state index contributed by atoms with van der Waals surface area (Å²) in [5.74, 6) is 0.594. The third kappa shape index (κ3) is 2.49. The highest BCUT2D eigenvalue weighted by Crippen LogP contribution is 2.60. The van der Waals surface area contributed by atoms with E-state index in [1.54, 1.807) is 0 Å². The molecule has 128 valence electrons. The standard InChI is InChI=1S/C18H26O5/c1-10-6-7-18-9-13(22-11(2)19)14(16(20)21-5)15(23-18)17(3,4)8-12(10)18/h10,12,15H,6-9H2,1-5H3/t10-,12+,15+,18+/m1/s1. The van der Waals surface area contributed by atoms with Gasteiger partial charge in [0.25, 0.3) is 0 Å². The topological polar surface area (TPSA) is 61.8 Å². The summed E-state index contributed by atoms with van der Waals surface area (Å²) in [4.78, 5) is 23.9. The van der Waals surface area contributed by atoms with E-state index < -0.39 is 11.9 Å². The zero-order chi connectivity index (χ0) is 17.0. The number of hydrogen-bond acceptors (Lipinski definition) is 5. The second-order valence-electron chi connectivity index (χ2n) is 7.98. The Labute approximate surface area is 137 Å². The molecule has 0 aromatic rings. The molecule has 5 nitrogen and oxygen atoms in total. The van der Waals surface area contributed by atoms with Gasteiger partial charge < -0.3 is 14.2 Å². The first kappa shape index (κ1) is 16.5. The lowest BCUT2D eigenvalue weighted by Crippen LogP contribution is -2.57. The number of ether oxygens (including phenoxy) is 3. The van der Waals surface area contributed by atoms with Crippen LogP contribution in [0.3, 0.4) is 0 Å². The van der Waals surface area contributed by atoms with Crippen LogP contribution in [0.2, 0.25) is 0 Å². The van der Waals surface area contributed by atoms with Crippen molar-refractivity contribution in [1.29, 1.82) is 0 Å². The first-order valence-electron chi connectivity index (χ1n) is 8.38. The van der Waals surface area contributed by atoms with E-state index in [1.165, 1.54) is 14.0 Å². The van der Waals surface area contributed by atoms with Gasteiger partial charge in [-0.25, -0.2) is 4.79 Å². The Kier molecular flexibility index (Phi) is 3.82. The monoisotopic (exact) mass is 322 g/mol. The third-order valence-electron chi connectivity index (χ3n) is 5.89. The molecule has 23 heavy (non-hydrogen) atoms. The van der Waals surface area contributed by atoms with Crippen LogP contribution in [0.15, 0.2) is 11.3 Å². The van der Waals surface area contributed by atoms with Crippen molar-refractivity contribution in [3.8, 4) is 0 Å². The number of fused-ring (bicyclic) bond motifs is 1. The van der Waals surface area contributed by atoms with Crippen molar-refractivity contribution in [1.82, 2.24) is 0 Å². The van der Waals surface area contributed by atoms with Crippen molar-refractivity contribution >= 4 is 11.9 Å². The zero-order valence-electron chi connectivity index (χ0n) is 14.6. The normalized spacial score (nSPS) is 38.0. The molecule has 0 radical (unpaired) electrons. The maximum Gasteiger partial charge on any atom is 0.339 e. The van der Waals surface area contributed by atoms with E-state index in [2.05, 4.69) is 20.8 Å². The highest BCUT2D eigenvalue weighted by atomic mass is 16.6. The quantitative estimate of drug-likeness (QED) is 0.731. The summed E-state index contributed by atoms with van der Waals surface area (Å²) < 4.78 is 16.9. The number of hydrogen-bond donors (Lipinski definition) is 0. The second-order valence-corrected chi connectivity index (χ2v) is 7.98. The SMILES string of the molecule is COC(=O)C1=C(OC(C)=O)C[C@@]23CC[C@@H](C)[C@@H]2CC(C)(C)[C@H]1O3. The zero-order valence-corrected chi connectivity index (χ0v) is 14.6. The summed E-state index contributed by atoms with van der Waals surface area (Å²) in [5, 5.41) is 0. The average Bonchev–Trinajstić information content (AvgIpc) is 2.74. The van der Waals surface area contributed by atoms with Gasteiger partial charge in [0.1, 0.15) is 11.3 Å². The lowest BCUT2D eigenvalue weighted by Gasteiger charge is -2.55. The highest BCUT2D eigenvalue weighted by Gasteiger charge is 2.61. The van der Waals surface area contributed by atoms with E-state index in [4.69, 9.17) is 14.2 Å². The Morgan fingerprint density at radius 2 is 2.00 bits per heavy atom. The molecule has 2 bridgehead atoms. The average molecular weight is 322 g/mol.